The highest BCUT2D eigenvalue weighted by atomic mass is 16.3. The molecular weight excluding hydrogens is 496 g/mol. The number of para-hydroxylation sites is 1. The van der Waals surface area contributed by atoms with Crippen LogP contribution in [-0.4, -0.2) is 0 Å². The van der Waals surface area contributed by atoms with Crippen molar-refractivity contribution in [2.24, 2.45) is 0 Å². The lowest BCUT2D eigenvalue weighted by atomic mass is 9.84. The van der Waals surface area contributed by atoms with Gasteiger partial charge in [-0.05, 0) is 83.5 Å². The van der Waals surface area contributed by atoms with Gasteiger partial charge in [0, 0.05) is 10.8 Å². The summed E-state index contributed by atoms with van der Waals surface area (Å²) in [6.45, 7) is 0. The topological polar surface area (TPSA) is 13.1 Å². The normalized spacial score (nSPS) is 11.9. The van der Waals surface area contributed by atoms with Gasteiger partial charge in [0.2, 0.25) is 0 Å². The van der Waals surface area contributed by atoms with E-state index >= 15 is 0 Å². The average molecular weight is 521 g/mol. The number of rotatable bonds is 2. The molecule has 9 aromatic rings. The third-order valence-electron chi connectivity index (χ3n) is 8.62. The van der Waals surface area contributed by atoms with Gasteiger partial charge in [-0.15, -0.1) is 0 Å². The Bertz CT molecular complexity index is 2420. The molecule has 41 heavy (non-hydrogen) atoms. The Balaban J connectivity index is 1.45. The van der Waals surface area contributed by atoms with Gasteiger partial charge in [0.1, 0.15) is 11.2 Å². The minimum atomic E-state index is 0.922. The van der Waals surface area contributed by atoms with Crippen LogP contribution in [0.5, 0.6) is 0 Å². The van der Waals surface area contributed by atoms with Crippen LogP contribution in [0.3, 0.4) is 0 Å². The SMILES string of the molecule is c1ccc2cc(-c3c4ccccc4c(-c4cc5oc6ccccc6c5c5ccccc45)c4ccccc34)ccc2c1. The van der Waals surface area contributed by atoms with Gasteiger partial charge in [-0.3, -0.25) is 0 Å². The third kappa shape index (κ3) is 3.24. The molecular formula is C40H24O. The predicted octanol–water partition coefficient (Wildman–Crippen LogP) is 11.5. The van der Waals surface area contributed by atoms with Crippen molar-refractivity contribution >= 4 is 65.0 Å². The van der Waals surface area contributed by atoms with Gasteiger partial charge >= 0.3 is 0 Å². The summed E-state index contributed by atoms with van der Waals surface area (Å²) in [4.78, 5) is 0. The maximum absolute atomic E-state index is 6.48. The van der Waals surface area contributed by atoms with E-state index in [2.05, 4.69) is 140 Å². The number of hydrogen-bond donors (Lipinski definition) is 0. The van der Waals surface area contributed by atoms with Gasteiger partial charge < -0.3 is 4.42 Å². The van der Waals surface area contributed by atoms with E-state index in [1.165, 1.54) is 70.7 Å². The van der Waals surface area contributed by atoms with Crippen LogP contribution >= 0.6 is 0 Å². The molecule has 0 saturated carbocycles. The van der Waals surface area contributed by atoms with Crippen molar-refractivity contribution < 1.29 is 4.42 Å². The van der Waals surface area contributed by atoms with E-state index in [0.29, 0.717) is 0 Å². The molecule has 0 bridgehead atoms. The molecule has 0 aliphatic rings. The molecule has 0 amide bonds. The largest absolute Gasteiger partial charge is 0.456 e. The smallest absolute Gasteiger partial charge is 0.136 e. The van der Waals surface area contributed by atoms with Crippen LogP contribution < -0.4 is 0 Å². The lowest BCUT2D eigenvalue weighted by Gasteiger charge is -2.19. The number of fused-ring (bicyclic) bond motifs is 8. The highest BCUT2D eigenvalue weighted by Crippen LogP contribution is 2.47. The van der Waals surface area contributed by atoms with Crippen LogP contribution in [0.15, 0.2) is 150 Å². The number of hydrogen-bond acceptors (Lipinski definition) is 1. The third-order valence-corrected chi connectivity index (χ3v) is 8.62. The fourth-order valence-electron chi connectivity index (χ4n) is 6.87. The molecule has 1 nitrogen and oxygen atoms in total. The van der Waals surface area contributed by atoms with E-state index in [9.17, 15) is 0 Å². The molecule has 1 heteroatoms. The molecule has 0 aliphatic heterocycles. The monoisotopic (exact) mass is 520 g/mol. The summed E-state index contributed by atoms with van der Waals surface area (Å²) < 4.78 is 6.48. The minimum absolute atomic E-state index is 0.922. The standard InChI is InChI=1S/C40H24O/c1-2-12-26-23-27(22-21-25(26)11-1)38-30-15-5-7-17-32(30)39(33-18-8-6-16-31(33)38)35-24-37-40(29-14-4-3-13-28(29)35)34-19-9-10-20-36(34)41-37/h1-24H. The number of benzene rings is 8. The Morgan fingerprint density at radius 1 is 0.341 bits per heavy atom. The lowest BCUT2D eigenvalue weighted by Crippen LogP contribution is -1.92. The fraction of sp³-hybridized carbons (Fsp3) is 0. The van der Waals surface area contributed by atoms with Crippen molar-refractivity contribution in [1.82, 2.24) is 0 Å². The summed E-state index contributed by atoms with van der Waals surface area (Å²) in [6.07, 6.45) is 0. The molecule has 190 valence electrons. The van der Waals surface area contributed by atoms with E-state index in [4.69, 9.17) is 4.42 Å². The highest BCUT2D eigenvalue weighted by Gasteiger charge is 2.20. The first-order chi connectivity index (χ1) is 20.3. The average Bonchev–Trinajstić information content (AvgIpc) is 3.42. The van der Waals surface area contributed by atoms with Crippen LogP contribution in [0, 0.1) is 0 Å². The molecule has 0 spiro atoms. The van der Waals surface area contributed by atoms with Crippen molar-refractivity contribution in [1.29, 1.82) is 0 Å². The van der Waals surface area contributed by atoms with Crippen molar-refractivity contribution in [2.75, 3.05) is 0 Å². The summed E-state index contributed by atoms with van der Waals surface area (Å²) in [5.41, 5.74) is 6.81. The molecule has 0 radical (unpaired) electrons. The maximum Gasteiger partial charge on any atom is 0.136 e. The minimum Gasteiger partial charge on any atom is -0.456 e. The van der Waals surface area contributed by atoms with Gasteiger partial charge in [-0.2, -0.15) is 0 Å². The summed E-state index contributed by atoms with van der Waals surface area (Å²) in [5.74, 6) is 0. The quantitative estimate of drug-likeness (QED) is 0.207. The molecule has 9 rings (SSSR count). The van der Waals surface area contributed by atoms with Crippen molar-refractivity contribution in [3.63, 3.8) is 0 Å². The molecule has 8 aromatic carbocycles. The van der Waals surface area contributed by atoms with Crippen LogP contribution in [0.25, 0.3) is 87.3 Å². The van der Waals surface area contributed by atoms with E-state index in [1.807, 2.05) is 6.07 Å². The van der Waals surface area contributed by atoms with Crippen molar-refractivity contribution in [3.8, 4) is 22.3 Å². The zero-order chi connectivity index (χ0) is 26.9. The molecule has 0 fully saturated rings. The molecule has 0 unspecified atom stereocenters. The second-order valence-corrected chi connectivity index (χ2v) is 10.8. The lowest BCUT2D eigenvalue weighted by molar-refractivity contribution is 0.669. The summed E-state index contributed by atoms with van der Waals surface area (Å²) in [7, 11) is 0. The van der Waals surface area contributed by atoms with E-state index < -0.39 is 0 Å². The van der Waals surface area contributed by atoms with E-state index in [1.54, 1.807) is 0 Å². The first-order valence-corrected chi connectivity index (χ1v) is 14.1. The van der Waals surface area contributed by atoms with Crippen molar-refractivity contribution in [2.45, 2.75) is 0 Å². The Hall–Kier alpha value is -5.40. The van der Waals surface area contributed by atoms with E-state index in [-0.39, 0.29) is 0 Å². The summed E-state index contributed by atoms with van der Waals surface area (Å²) in [6, 6.07) is 52.6. The Kier molecular flexibility index (Phi) is 4.67. The van der Waals surface area contributed by atoms with Gasteiger partial charge in [-0.25, -0.2) is 0 Å². The number of furan rings is 1. The molecule has 0 saturated heterocycles. The molecule has 0 atom stereocenters. The van der Waals surface area contributed by atoms with Gasteiger partial charge in [-0.1, -0.05) is 127 Å². The van der Waals surface area contributed by atoms with Gasteiger partial charge in [0.05, 0.1) is 0 Å². The maximum atomic E-state index is 6.48. The second kappa shape index (κ2) is 8.55. The molecule has 1 heterocycles. The van der Waals surface area contributed by atoms with E-state index in [0.717, 1.165) is 16.6 Å². The first-order valence-electron chi connectivity index (χ1n) is 14.1. The Labute approximate surface area is 236 Å². The Morgan fingerprint density at radius 3 is 1.59 bits per heavy atom. The molecule has 1 aromatic heterocycles. The Morgan fingerprint density at radius 2 is 0.878 bits per heavy atom. The van der Waals surface area contributed by atoms with Crippen LogP contribution in [0.4, 0.5) is 0 Å². The van der Waals surface area contributed by atoms with Gasteiger partial charge in [0.25, 0.3) is 0 Å². The zero-order valence-corrected chi connectivity index (χ0v) is 22.3. The first kappa shape index (κ1) is 22.4. The second-order valence-electron chi connectivity index (χ2n) is 10.8. The van der Waals surface area contributed by atoms with Crippen molar-refractivity contribution in [3.05, 3.63) is 146 Å². The summed E-state index contributed by atoms with van der Waals surface area (Å²) in [5, 5.41) is 12.3. The molecule has 0 N–H and O–H groups in total. The fourth-order valence-corrected chi connectivity index (χ4v) is 6.87. The zero-order valence-electron chi connectivity index (χ0n) is 22.3. The van der Waals surface area contributed by atoms with Crippen LogP contribution in [0.2, 0.25) is 0 Å². The van der Waals surface area contributed by atoms with Gasteiger partial charge in [0.15, 0.2) is 0 Å². The molecule has 0 aliphatic carbocycles. The highest BCUT2D eigenvalue weighted by molar-refractivity contribution is 6.28. The van der Waals surface area contributed by atoms with Crippen LogP contribution in [0.1, 0.15) is 0 Å². The predicted molar refractivity (Wildman–Crippen MR) is 175 cm³/mol. The summed E-state index contributed by atoms with van der Waals surface area (Å²) >= 11 is 0. The van der Waals surface area contributed by atoms with Crippen LogP contribution in [-0.2, 0) is 0 Å².